The zero-order chi connectivity index (χ0) is 17.2. The number of rotatable bonds is 3. The Morgan fingerprint density at radius 1 is 1.28 bits per heavy atom. The summed E-state index contributed by atoms with van der Waals surface area (Å²) in [7, 11) is 0. The number of hydrogen-bond acceptors (Lipinski definition) is 5. The number of hydrogen-bond donors (Lipinski definition) is 0. The Hall–Kier alpha value is -1.99. The Bertz CT molecular complexity index is 878. The second-order valence-corrected chi connectivity index (χ2v) is 7.81. The van der Waals surface area contributed by atoms with Gasteiger partial charge in [-0.3, -0.25) is 4.79 Å². The van der Waals surface area contributed by atoms with E-state index in [0.717, 1.165) is 28.7 Å². The fraction of sp³-hybridized carbons (Fsp3) is 0.278. The van der Waals surface area contributed by atoms with Gasteiger partial charge in [0.15, 0.2) is 0 Å². The number of carbonyl (C=O) groups is 1. The van der Waals surface area contributed by atoms with Crippen LogP contribution in [0.25, 0.3) is 10.7 Å². The predicted octanol–water partition coefficient (Wildman–Crippen LogP) is 4.58. The third-order valence-electron chi connectivity index (χ3n) is 4.35. The molecule has 0 spiro atoms. The number of carbonyl (C=O) groups excluding carboxylic acids is 1. The Kier molecular flexibility index (Phi) is 4.67. The van der Waals surface area contributed by atoms with E-state index in [4.69, 9.17) is 4.52 Å². The van der Waals surface area contributed by atoms with Crippen LogP contribution >= 0.6 is 27.3 Å². The predicted molar refractivity (Wildman–Crippen MR) is 99.6 cm³/mol. The molecule has 1 aliphatic heterocycles. The maximum absolute atomic E-state index is 12.8. The molecule has 128 valence electrons. The number of likely N-dealkylation sites (tertiary alicyclic amines) is 1. The van der Waals surface area contributed by atoms with Crippen molar-refractivity contribution >= 4 is 33.2 Å². The van der Waals surface area contributed by atoms with Crippen LogP contribution in [0.3, 0.4) is 0 Å². The molecule has 1 fully saturated rings. The first-order chi connectivity index (χ1) is 12.2. The lowest BCUT2D eigenvalue weighted by Gasteiger charge is -2.31. The first kappa shape index (κ1) is 16.5. The molecule has 0 N–H and O–H groups in total. The number of nitrogens with zero attached hydrogens (tertiary/aromatic N) is 3. The Morgan fingerprint density at radius 2 is 2.16 bits per heavy atom. The first-order valence-electron chi connectivity index (χ1n) is 8.13. The van der Waals surface area contributed by atoms with Gasteiger partial charge in [-0.15, -0.1) is 11.3 Å². The highest BCUT2D eigenvalue weighted by Gasteiger charge is 2.29. The van der Waals surface area contributed by atoms with E-state index >= 15 is 0 Å². The van der Waals surface area contributed by atoms with Crippen molar-refractivity contribution in [3.8, 4) is 10.7 Å². The van der Waals surface area contributed by atoms with Crippen LogP contribution in [0, 0.1) is 0 Å². The highest BCUT2D eigenvalue weighted by Crippen LogP contribution is 2.30. The van der Waals surface area contributed by atoms with Crippen molar-refractivity contribution in [1.82, 2.24) is 15.0 Å². The normalized spacial score (nSPS) is 17.6. The van der Waals surface area contributed by atoms with E-state index in [-0.39, 0.29) is 11.8 Å². The van der Waals surface area contributed by atoms with Crippen molar-refractivity contribution in [3.05, 3.63) is 57.7 Å². The molecule has 5 nitrogen and oxygen atoms in total. The standard InChI is InChI=1S/C18H16BrN3O2S/c19-14-7-2-1-6-13(14)18(23)22-9-3-5-12(11-22)17-20-16(21-24-17)15-8-4-10-25-15/h1-2,4,6-8,10,12H,3,5,9,11H2/t12-/m0/s1. The minimum Gasteiger partial charge on any atom is -0.339 e. The molecule has 0 radical (unpaired) electrons. The summed E-state index contributed by atoms with van der Waals surface area (Å²) in [5, 5.41) is 6.08. The Labute approximate surface area is 157 Å². The van der Waals surface area contributed by atoms with Gasteiger partial charge in [-0.2, -0.15) is 4.98 Å². The average molecular weight is 418 g/mol. The fourth-order valence-electron chi connectivity index (χ4n) is 3.08. The summed E-state index contributed by atoms with van der Waals surface area (Å²) in [6, 6.07) is 11.5. The molecule has 3 heterocycles. The molecule has 1 saturated heterocycles. The second-order valence-electron chi connectivity index (χ2n) is 6.00. The van der Waals surface area contributed by atoms with E-state index in [1.165, 1.54) is 0 Å². The second kappa shape index (κ2) is 7.09. The van der Waals surface area contributed by atoms with Crippen LogP contribution in [-0.4, -0.2) is 34.0 Å². The molecule has 3 aromatic rings. The summed E-state index contributed by atoms with van der Waals surface area (Å²) in [5.41, 5.74) is 0.688. The van der Waals surface area contributed by atoms with E-state index in [1.54, 1.807) is 11.3 Å². The van der Waals surface area contributed by atoms with Gasteiger partial charge in [-0.25, -0.2) is 0 Å². The van der Waals surface area contributed by atoms with E-state index in [0.29, 0.717) is 23.8 Å². The molecular formula is C18H16BrN3O2S. The number of amides is 1. The van der Waals surface area contributed by atoms with Crippen LogP contribution in [-0.2, 0) is 0 Å². The summed E-state index contributed by atoms with van der Waals surface area (Å²) in [6.45, 7) is 1.36. The summed E-state index contributed by atoms with van der Waals surface area (Å²) < 4.78 is 6.30. The summed E-state index contributed by atoms with van der Waals surface area (Å²) in [4.78, 5) is 20.2. The third kappa shape index (κ3) is 3.39. The molecule has 1 atom stereocenters. The van der Waals surface area contributed by atoms with Crippen molar-refractivity contribution in [3.63, 3.8) is 0 Å². The van der Waals surface area contributed by atoms with Gasteiger partial charge in [0, 0.05) is 17.6 Å². The van der Waals surface area contributed by atoms with Crippen LogP contribution in [0.2, 0.25) is 0 Å². The van der Waals surface area contributed by atoms with Crippen LogP contribution in [0.1, 0.15) is 35.0 Å². The van der Waals surface area contributed by atoms with Crippen molar-refractivity contribution < 1.29 is 9.32 Å². The number of benzene rings is 1. The molecule has 2 aromatic heterocycles. The molecule has 7 heteroatoms. The number of aromatic nitrogens is 2. The van der Waals surface area contributed by atoms with Gasteiger partial charge in [0.1, 0.15) is 0 Å². The van der Waals surface area contributed by atoms with Crippen LogP contribution in [0.5, 0.6) is 0 Å². The molecule has 1 aromatic carbocycles. The van der Waals surface area contributed by atoms with Crippen molar-refractivity contribution in [2.75, 3.05) is 13.1 Å². The van der Waals surface area contributed by atoms with Gasteiger partial charge < -0.3 is 9.42 Å². The lowest BCUT2D eigenvalue weighted by Crippen LogP contribution is -2.39. The molecule has 1 amide bonds. The molecule has 4 rings (SSSR count). The molecule has 0 saturated carbocycles. The lowest BCUT2D eigenvalue weighted by molar-refractivity contribution is 0.0694. The van der Waals surface area contributed by atoms with Gasteiger partial charge in [0.25, 0.3) is 5.91 Å². The Balaban J connectivity index is 1.51. The van der Waals surface area contributed by atoms with Crippen molar-refractivity contribution in [2.45, 2.75) is 18.8 Å². The minimum absolute atomic E-state index is 0.0372. The zero-order valence-corrected chi connectivity index (χ0v) is 15.8. The van der Waals surface area contributed by atoms with E-state index in [9.17, 15) is 4.79 Å². The first-order valence-corrected chi connectivity index (χ1v) is 9.81. The van der Waals surface area contributed by atoms with Gasteiger partial charge in [0.05, 0.1) is 16.4 Å². The van der Waals surface area contributed by atoms with E-state index < -0.39 is 0 Å². The smallest absolute Gasteiger partial charge is 0.255 e. The highest BCUT2D eigenvalue weighted by molar-refractivity contribution is 9.10. The quantitative estimate of drug-likeness (QED) is 0.625. The van der Waals surface area contributed by atoms with Crippen LogP contribution < -0.4 is 0 Å². The van der Waals surface area contributed by atoms with E-state index in [1.807, 2.05) is 46.7 Å². The molecule has 1 aliphatic rings. The highest BCUT2D eigenvalue weighted by atomic mass is 79.9. The number of halogens is 1. The van der Waals surface area contributed by atoms with Crippen LogP contribution in [0.15, 0.2) is 50.8 Å². The topological polar surface area (TPSA) is 59.2 Å². The molecule has 25 heavy (non-hydrogen) atoms. The summed E-state index contributed by atoms with van der Waals surface area (Å²) >= 11 is 5.05. The summed E-state index contributed by atoms with van der Waals surface area (Å²) in [5.74, 6) is 1.36. The number of piperidine rings is 1. The van der Waals surface area contributed by atoms with Gasteiger partial charge in [-0.1, -0.05) is 23.4 Å². The van der Waals surface area contributed by atoms with Gasteiger partial charge >= 0.3 is 0 Å². The fourth-order valence-corrected chi connectivity index (χ4v) is 4.18. The largest absolute Gasteiger partial charge is 0.339 e. The summed E-state index contributed by atoms with van der Waals surface area (Å²) in [6.07, 6.45) is 1.88. The third-order valence-corrected chi connectivity index (χ3v) is 5.90. The zero-order valence-electron chi connectivity index (χ0n) is 13.4. The van der Waals surface area contributed by atoms with Crippen LogP contribution in [0.4, 0.5) is 0 Å². The maximum atomic E-state index is 12.8. The lowest BCUT2D eigenvalue weighted by atomic mass is 9.97. The maximum Gasteiger partial charge on any atom is 0.255 e. The molecule has 0 bridgehead atoms. The minimum atomic E-state index is 0.0372. The van der Waals surface area contributed by atoms with Crippen molar-refractivity contribution in [1.29, 1.82) is 0 Å². The monoisotopic (exact) mass is 417 g/mol. The molecule has 0 aliphatic carbocycles. The Morgan fingerprint density at radius 3 is 2.96 bits per heavy atom. The SMILES string of the molecule is O=C(c1ccccc1Br)N1CCC[C@H](c2nc(-c3cccs3)no2)C1. The van der Waals surface area contributed by atoms with Crippen molar-refractivity contribution in [2.24, 2.45) is 0 Å². The molecular weight excluding hydrogens is 402 g/mol. The van der Waals surface area contributed by atoms with E-state index in [2.05, 4.69) is 26.1 Å². The molecule has 0 unspecified atom stereocenters. The average Bonchev–Trinajstić information content (AvgIpc) is 3.33. The number of thiophene rings is 1. The van der Waals surface area contributed by atoms with Gasteiger partial charge in [0.2, 0.25) is 11.7 Å². The van der Waals surface area contributed by atoms with Gasteiger partial charge in [-0.05, 0) is 52.4 Å².